The molecule has 0 aromatic heterocycles. The Labute approximate surface area is 220 Å². The van der Waals surface area contributed by atoms with Crippen molar-refractivity contribution in [3.8, 4) is 0 Å². The van der Waals surface area contributed by atoms with E-state index in [2.05, 4.69) is 24.4 Å². The number of hydrogen-bond acceptors (Lipinski definition) is 6. The minimum absolute atomic E-state index is 0.0194. The van der Waals surface area contributed by atoms with Gasteiger partial charge in [0.1, 0.15) is 0 Å². The fourth-order valence-electron chi connectivity index (χ4n) is 4.21. The lowest BCUT2D eigenvalue weighted by Gasteiger charge is -2.41. The van der Waals surface area contributed by atoms with E-state index in [0.29, 0.717) is 5.69 Å². The van der Waals surface area contributed by atoms with Gasteiger partial charge in [0, 0.05) is 34.2 Å². The predicted molar refractivity (Wildman–Crippen MR) is 142 cm³/mol. The molecule has 0 saturated carbocycles. The zero-order valence-corrected chi connectivity index (χ0v) is 21.4. The summed E-state index contributed by atoms with van der Waals surface area (Å²) in [6.07, 6.45) is -1.33. The molecule has 4 rings (SSSR count). The molecule has 0 spiro atoms. The highest BCUT2D eigenvalue weighted by molar-refractivity contribution is 7.99. The van der Waals surface area contributed by atoms with E-state index < -0.39 is 12.3 Å². The third-order valence-corrected chi connectivity index (χ3v) is 7.39. The summed E-state index contributed by atoms with van der Waals surface area (Å²) < 4.78 is 12.9. The Morgan fingerprint density at radius 1 is 0.919 bits per heavy atom. The van der Waals surface area contributed by atoms with Gasteiger partial charge in [-0.05, 0) is 35.4 Å². The number of nitrogens with one attached hydrogen (secondary N) is 1. The van der Waals surface area contributed by atoms with Crippen molar-refractivity contribution in [3.63, 3.8) is 0 Å². The number of hydrogen-bond donors (Lipinski definition) is 3. The largest absolute Gasteiger partial charge is 0.481 e. The first-order valence-electron chi connectivity index (χ1n) is 12.2. The minimum Gasteiger partial charge on any atom is -0.481 e. The average Bonchev–Trinajstić information content (AvgIpc) is 2.92. The van der Waals surface area contributed by atoms with E-state index in [4.69, 9.17) is 14.6 Å². The summed E-state index contributed by atoms with van der Waals surface area (Å²) in [4.78, 5) is 24.1. The molecular formula is C29H31NO6S. The molecule has 1 aliphatic rings. The van der Waals surface area contributed by atoms with Crippen molar-refractivity contribution in [2.24, 2.45) is 5.92 Å². The van der Waals surface area contributed by atoms with E-state index in [-0.39, 0.29) is 43.5 Å². The molecule has 1 fully saturated rings. The molecule has 4 atom stereocenters. The number of benzene rings is 3. The topological polar surface area (TPSA) is 105 Å². The second-order valence-electron chi connectivity index (χ2n) is 9.01. The summed E-state index contributed by atoms with van der Waals surface area (Å²) in [5, 5.41) is 21.0. The Bertz CT molecular complexity index is 1190. The minimum atomic E-state index is -1.01. The fourth-order valence-corrected chi connectivity index (χ4v) is 5.30. The molecule has 1 heterocycles. The number of anilines is 1. The average molecular weight is 522 g/mol. The standard InChI is InChI=1S/C29H31NO6S/c1-19-25(18-37-24-8-3-2-4-9-24)35-29(36-28(19)21-12-10-20(17-31)11-13-21)22-6-5-7-23(16-22)30-26(32)14-15-27(33)34/h2-13,16,19,25,28-29,31H,14-15,17-18H2,1H3,(H,30,32)(H,33,34)/t19-,25+,28+,29+/m0/s1. The molecule has 1 amide bonds. The van der Waals surface area contributed by atoms with Crippen LogP contribution < -0.4 is 5.32 Å². The zero-order valence-electron chi connectivity index (χ0n) is 20.6. The van der Waals surface area contributed by atoms with Crippen LogP contribution >= 0.6 is 11.8 Å². The predicted octanol–water partition coefficient (Wildman–Crippen LogP) is 5.57. The summed E-state index contributed by atoms with van der Waals surface area (Å²) >= 11 is 1.73. The van der Waals surface area contributed by atoms with Crippen LogP contribution in [0.4, 0.5) is 5.69 Å². The van der Waals surface area contributed by atoms with Crippen molar-refractivity contribution in [2.75, 3.05) is 11.1 Å². The third kappa shape index (κ3) is 7.42. The zero-order chi connectivity index (χ0) is 26.2. The van der Waals surface area contributed by atoms with Gasteiger partial charge >= 0.3 is 5.97 Å². The maximum Gasteiger partial charge on any atom is 0.303 e. The summed E-state index contributed by atoms with van der Waals surface area (Å²) in [6, 6.07) is 25.2. The number of carbonyl (C=O) groups excluding carboxylic acids is 1. The summed E-state index contributed by atoms with van der Waals surface area (Å²) in [7, 11) is 0. The maximum atomic E-state index is 12.2. The molecule has 3 aromatic carbocycles. The lowest BCUT2D eigenvalue weighted by Crippen LogP contribution is -2.38. The third-order valence-electron chi connectivity index (χ3n) is 6.29. The van der Waals surface area contributed by atoms with Crippen molar-refractivity contribution in [3.05, 3.63) is 95.6 Å². The van der Waals surface area contributed by atoms with E-state index in [1.807, 2.05) is 54.6 Å². The number of aliphatic hydroxyl groups excluding tert-OH is 1. The van der Waals surface area contributed by atoms with Gasteiger partial charge in [-0.3, -0.25) is 9.59 Å². The van der Waals surface area contributed by atoms with E-state index >= 15 is 0 Å². The van der Waals surface area contributed by atoms with Crippen LogP contribution in [0.5, 0.6) is 0 Å². The van der Waals surface area contributed by atoms with Gasteiger partial charge in [0.05, 0.1) is 25.2 Å². The number of ether oxygens (including phenoxy) is 2. The highest BCUT2D eigenvalue weighted by atomic mass is 32.2. The lowest BCUT2D eigenvalue weighted by molar-refractivity contribution is -0.268. The lowest BCUT2D eigenvalue weighted by atomic mass is 9.91. The van der Waals surface area contributed by atoms with E-state index in [1.54, 1.807) is 23.9 Å². The van der Waals surface area contributed by atoms with Crippen molar-refractivity contribution >= 4 is 29.3 Å². The van der Waals surface area contributed by atoms with Crippen LogP contribution in [0.25, 0.3) is 0 Å². The Hall–Kier alpha value is -3.17. The molecule has 1 aliphatic heterocycles. The van der Waals surface area contributed by atoms with E-state index in [1.165, 1.54) is 0 Å². The smallest absolute Gasteiger partial charge is 0.303 e. The van der Waals surface area contributed by atoms with Gasteiger partial charge in [-0.1, -0.05) is 61.5 Å². The van der Waals surface area contributed by atoms with Gasteiger partial charge < -0.3 is 25.0 Å². The Morgan fingerprint density at radius 3 is 2.38 bits per heavy atom. The number of carbonyl (C=O) groups is 2. The molecule has 0 radical (unpaired) electrons. The number of carboxylic acid groups (broad SMARTS) is 1. The quantitative estimate of drug-likeness (QED) is 0.300. The first-order valence-corrected chi connectivity index (χ1v) is 13.2. The van der Waals surface area contributed by atoms with Crippen LogP contribution in [0.1, 0.15) is 48.8 Å². The molecule has 1 saturated heterocycles. The molecule has 0 bridgehead atoms. The molecule has 37 heavy (non-hydrogen) atoms. The van der Waals surface area contributed by atoms with Crippen molar-refractivity contribution in [2.45, 2.75) is 49.8 Å². The molecule has 8 heteroatoms. The summed E-state index contributed by atoms with van der Waals surface area (Å²) in [5.74, 6) is -0.578. The number of rotatable bonds is 10. The second kappa shape index (κ2) is 12.9. The molecular weight excluding hydrogens is 490 g/mol. The highest BCUT2D eigenvalue weighted by Gasteiger charge is 2.38. The van der Waals surface area contributed by atoms with Gasteiger partial charge in [-0.2, -0.15) is 0 Å². The second-order valence-corrected chi connectivity index (χ2v) is 10.1. The number of aliphatic hydroxyl groups is 1. The summed E-state index contributed by atoms with van der Waals surface area (Å²) in [6.45, 7) is 2.10. The SMILES string of the molecule is C[C@H]1[C@@H](CSc2ccccc2)O[C@@H](c2cccc(NC(=O)CCC(=O)O)c2)O[C@H]1c1ccc(CO)cc1. The van der Waals surface area contributed by atoms with Crippen LogP contribution in [-0.4, -0.2) is 33.9 Å². The van der Waals surface area contributed by atoms with Gasteiger partial charge in [0.2, 0.25) is 5.91 Å². The monoisotopic (exact) mass is 521 g/mol. The van der Waals surface area contributed by atoms with Crippen LogP contribution in [-0.2, 0) is 25.7 Å². The number of thioether (sulfide) groups is 1. The normalized spacial score (nSPS) is 21.4. The van der Waals surface area contributed by atoms with Gasteiger partial charge in [0.25, 0.3) is 0 Å². The molecule has 7 nitrogen and oxygen atoms in total. The van der Waals surface area contributed by atoms with Gasteiger partial charge in [-0.15, -0.1) is 11.8 Å². The molecule has 3 aromatic rings. The molecule has 0 aliphatic carbocycles. The van der Waals surface area contributed by atoms with Crippen LogP contribution in [0.15, 0.2) is 83.8 Å². The van der Waals surface area contributed by atoms with Crippen LogP contribution in [0.2, 0.25) is 0 Å². The van der Waals surface area contributed by atoms with E-state index in [9.17, 15) is 14.7 Å². The van der Waals surface area contributed by atoms with Crippen molar-refractivity contribution in [1.82, 2.24) is 0 Å². The number of amides is 1. The molecule has 0 unspecified atom stereocenters. The van der Waals surface area contributed by atoms with Gasteiger partial charge in [0.15, 0.2) is 6.29 Å². The fraction of sp³-hybridized carbons (Fsp3) is 0.310. The number of carboxylic acids is 1. The van der Waals surface area contributed by atoms with Crippen molar-refractivity contribution < 1.29 is 29.3 Å². The molecule has 3 N–H and O–H groups in total. The maximum absolute atomic E-state index is 12.2. The highest BCUT2D eigenvalue weighted by Crippen LogP contribution is 2.43. The van der Waals surface area contributed by atoms with Crippen LogP contribution in [0, 0.1) is 5.92 Å². The Morgan fingerprint density at radius 2 is 1.68 bits per heavy atom. The Balaban J connectivity index is 1.55. The first-order chi connectivity index (χ1) is 17.9. The van der Waals surface area contributed by atoms with Gasteiger partial charge in [-0.25, -0.2) is 0 Å². The van der Waals surface area contributed by atoms with Crippen molar-refractivity contribution in [1.29, 1.82) is 0 Å². The van der Waals surface area contributed by atoms with E-state index in [0.717, 1.165) is 27.3 Å². The first kappa shape index (κ1) is 26.9. The summed E-state index contributed by atoms with van der Waals surface area (Å²) in [5.41, 5.74) is 3.15. The molecule has 194 valence electrons. The Kier molecular flexibility index (Phi) is 9.35. The van der Waals surface area contributed by atoms with Crippen LogP contribution in [0.3, 0.4) is 0 Å². The number of aliphatic carboxylic acids is 1.